The summed E-state index contributed by atoms with van der Waals surface area (Å²) in [6.45, 7) is 3.28. The van der Waals surface area contributed by atoms with Gasteiger partial charge in [-0.15, -0.1) is 0 Å². The molecule has 28 heavy (non-hydrogen) atoms. The fourth-order valence-corrected chi connectivity index (χ4v) is 3.89. The first-order valence-corrected chi connectivity index (χ1v) is 9.45. The number of aromatic carboxylic acids is 1. The lowest BCUT2D eigenvalue weighted by atomic mass is 9.90. The molecule has 1 atom stereocenters. The van der Waals surface area contributed by atoms with Crippen LogP contribution in [0.4, 0.5) is 0 Å². The number of carboxylic acid groups (broad SMARTS) is 1. The summed E-state index contributed by atoms with van der Waals surface area (Å²) in [5.74, 6) is -0.182. The Kier molecular flexibility index (Phi) is 4.95. The van der Waals surface area contributed by atoms with Crippen LogP contribution >= 0.6 is 0 Å². The van der Waals surface area contributed by atoms with Crippen LogP contribution in [0.3, 0.4) is 0 Å². The number of pyridine rings is 1. The van der Waals surface area contributed by atoms with E-state index in [2.05, 4.69) is 20.1 Å². The number of aromatic nitrogens is 4. The highest BCUT2D eigenvalue weighted by molar-refractivity contribution is 5.87. The van der Waals surface area contributed by atoms with Crippen molar-refractivity contribution in [2.45, 2.75) is 45.3 Å². The first-order chi connectivity index (χ1) is 13.6. The van der Waals surface area contributed by atoms with E-state index in [1.165, 1.54) is 0 Å². The summed E-state index contributed by atoms with van der Waals surface area (Å²) in [6, 6.07) is 5.97. The van der Waals surface area contributed by atoms with Crippen molar-refractivity contribution in [2.75, 3.05) is 7.05 Å². The first-order valence-electron chi connectivity index (χ1n) is 9.45. The molecule has 0 spiro atoms. The molecule has 8 heteroatoms. The first kappa shape index (κ1) is 18.4. The van der Waals surface area contributed by atoms with E-state index >= 15 is 0 Å². The highest BCUT2D eigenvalue weighted by atomic mass is 16.5. The fraction of sp³-hybridized carbons (Fsp3) is 0.400. The Morgan fingerprint density at radius 1 is 1.46 bits per heavy atom. The Labute approximate surface area is 162 Å². The SMILES string of the molecule is CCn1nc(C(=O)O)c2c1CC[C@H](N(C)Cc1cc(-c3cccnc3)no1)C2. The number of nitrogens with zero attached hydrogens (tertiary/aromatic N) is 5. The molecule has 1 aliphatic carbocycles. The Morgan fingerprint density at radius 2 is 2.32 bits per heavy atom. The number of aryl methyl sites for hydroxylation is 1. The largest absolute Gasteiger partial charge is 0.476 e. The number of hydrogen-bond donors (Lipinski definition) is 1. The van der Waals surface area contributed by atoms with Crippen LogP contribution in [0.15, 0.2) is 35.1 Å². The van der Waals surface area contributed by atoms with E-state index in [0.717, 1.165) is 41.1 Å². The summed E-state index contributed by atoms with van der Waals surface area (Å²) >= 11 is 0. The lowest BCUT2D eigenvalue weighted by molar-refractivity contribution is 0.0687. The van der Waals surface area contributed by atoms with Gasteiger partial charge in [-0.3, -0.25) is 14.6 Å². The van der Waals surface area contributed by atoms with Gasteiger partial charge in [0.25, 0.3) is 0 Å². The van der Waals surface area contributed by atoms with E-state index in [9.17, 15) is 9.90 Å². The predicted molar refractivity (Wildman–Crippen MR) is 102 cm³/mol. The number of carboxylic acids is 1. The molecule has 0 saturated heterocycles. The van der Waals surface area contributed by atoms with Crippen LogP contribution in [-0.2, 0) is 25.9 Å². The molecule has 0 saturated carbocycles. The van der Waals surface area contributed by atoms with Crippen molar-refractivity contribution < 1.29 is 14.4 Å². The van der Waals surface area contributed by atoms with Gasteiger partial charge in [0.15, 0.2) is 11.5 Å². The molecule has 1 aliphatic rings. The van der Waals surface area contributed by atoms with Gasteiger partial charge in [-0.1, -0.05) is 5.16 Å². The van der Waals surface area contributed by atoms with Gasteiger partial charge < -0.3 is 9.63 Å². The lowest BCUT2D eigenvalue weighted by Gasteiger charge is -2.30. The Balaban J connectivity index is 1.48. The molecule has 3 aromatic rings. The van der Waals surface area contributed by atoms with E-state index in [0.29, 0.717) is 19.5 Å². The topological polar surface area (TPSA) is 97.3 Å². The standard InChI is InChI=1S/C20H23N5O3/c1-3-25-18-7-6-14(9-16(18)19(22-25)20(26)27)24(2)12-15-10-17(23-28-15)13-5-4-8-21-11-13/h4-5,8,10-11,14H,3,6-7,9,12H2,1-2H3,(H,26,27)/t14-/m0/s1. The van der Waals surface area contributed by atoms with Gasteiger partial charge in [0.2, 0.25) is 0 Å². The second-order valence-corrected chi connectivity index (χ2v) is 7.13. The third-order valence-electron chi connectivity index (χ3n) is 5.37. The van der Waals surface area contributed by atoms with Crippen molar-refractivity contribution in [1.82, 2.24) is 24.8 Å². The molecular weight excluding hydrogens is 358 g/mol. The normalized spacial score (nSPS) is 16.3. The fourth-order valence-electron chi connectivity index (χ4n) is 3.89. The number of hydrogen-bond acceptors (Lipinski definition) is 6. The summed E-state index contributed by atoms with van der Waals surface area (Å²) in [5.41, 5.74) is 3.79. The monoisotopic (exact) mass is 381 g/mol. The number of rotatable bonds is 6. The third-order valence-corrected chi connectivity index (χ3v) is 5.37. The zero-order valence-electron chi connectivity index (χ0n) is 16.0. The quantitative estimate of drug-likeness (QED) is 0.701. The van der Waals surface area contributed by atoms with E-state index in [1.807, 2.05) is 36.9 Å². The van der Waals surface area contributed by atoms with E-state index in [-0.39, 0.29) is 11.7 Å². The van der Waals surface area contributed by atoms with Gasteiger partial charge in [-0.05, 0) is 45.4 Å². The third kappa shape index (κ3) is 3.43. The molecule has 3 heterocycles. The van der Waals surface area contributed by atoms with Crippen LogP contribution < -0.4 is 0 Å². The maximum atomic E-state index is 11.6. The number of fused-ring (bicyclic) bond motifs is 1. The Hall–Kier alpha value is -3.00. The highest BCUT2D eigenvalue weighted by Crippen LogP contribution is 2.28. The highest BCUT2D eigenvalue weighted by Gasteiger charge is 2.30. The molecule has 0 radical (unpaired) electrons. The van der Waals surface area contributed by atoms with Gasteiger partial charge in [-0.2, -0.15) is 5.10 Å². The van der Waals surface area contributed by atoms with Gasteiger partial charge >= 0.3 is 5.97 Å². The van der Waals surface area contributed by atoms with E-state index < -0.39 is 5.97 Å². The zero-order chi connectivity index (χ0) is 19.7. The molecule has 0 amide bonds. The predicted octanol–water partition coefficient (Wildman–Crippen LogP) is 2.64. The second-order valence-electron chi connectivity index (χ2n) is 7.13. The van der Waals surface area contributed by atoms with Gasteiger partial charge in [0, 0.05) is 47.9 Å². The maximum Gasteiger partial charge on any atom is 0.356 e. The summed E-state index contributed by atoms with van der Waals surface area (Å²) in [7, 11) is 2.03. The molecule has 0 aromatic carbocycles. The Bertz CT molecular complexity index is 979. The van der Waals surface area contributed by atoms with Crippen LogP contribution in [0.5, 0.6) is 0 Å². The van der Waals surface area contributed by atoms with Gasteiger partial charge in [-0.25, -0.2) is 4.79 Å². The average molecular weight is 381 g/mol. The van der Waals surface area contributed by atoms with Crippen LogP contribution in [-0.4, -0.2) is 49.0 Å². The average Bonchev–Trinajstić information content (AvgIpc) is 3.32. The number of likely N-dealkylation sites (N-methyl/N-ethyl adjacent to an activating group) is 1. The number of carbonyl (C=O) groups is 1. The van der Waals surface area contributed by atoms with Crippen LogP contribution in [0.25, 0.3) is 11.3 Å². The molecule has 0 unspecified atom stereocenters. The van der Waals surface area contributed by atoms with Crippen molar-refractivity contribution in [3.63, 3.8) is 0 Å². The molecular formula is C20H23N5O3. The van der Waals surface area contributed by atoms with Gasteiger partial charge in [0.05, 0.1) is 6.54 Å². The molecule has 1 N–H and O–H groups in total. The van der Waals surface area contributed by atoms with Crippen LogP contribution in [0, 0.1) is 0 Å². The molecule has 0 fully saturated rings. The van der Waals surface area contributed by atoms with Crippen molar-refractivity contribution in [3.8, 4) is 11.3 Å². The summed E-state index contributed by atoms with van der Waals surface area (Å²) in [4.78, 5) is 17.9. The minimum atomic E-state index is -0.955. The Morgan fingerprint density at radius 3 is 3.04 bits per heavy atom. The minimum Gasteiger partial charge on any atom is -0.476 e. The summed E-state index contributed by atoms with van der Waals surface area (Å²) in [5, 5.41) is 17.9. The van der Waals surface area contributed by atoms with Crippen LogP contribution in [0.2, 0.25) is 0 Å². The van der Waals surface area contributed by atoms with Gasteiger partial charge in [0.1, 0.15) is 5.69 Å². The molecule has 3 aromatic heterocycles. The molecule has 0 bridgehead atoms. The molecule has 0 aliphatic heterocycles. The minimum absolute atomic E-state index is 0.188. The maximum absolute atomic E-state index is 11.6. The molecule has 8 nitrogen and oxygen atoms in total. The van der Waals surface area contributed by atoms with Crippen LogP contribution in [0.1, 0.15) is 40.9 Å². The van der Waals surface area contributed by atoms with E-state index in [4.69, 9.17) is 4.52 Å². The smallest absolute Gasteiger partial charge is 0.356 e. The van der Waals surface area contributed by atoms with Crippen molar-refractivity contribution in [2.24, 2.45) is 0 Å². The molecule has 146 valence electrons. The zero-order valence-corrected chi connectivity index (χ0v) is 16.0. The lowest BCUT2D eigenvalue weighted by Crippen LogP contribution is -2.36. The summed E-state index contributed by atoms with van der Waals surface area (Å²) in [6.07, 6.45) is 5.94. The summed E-state index contributed by atoms with van der Waals surface area (Å²) < 4.78 is 7.33. The van der Waals surface area contributed by atoms with Crippen molar-refractivity contribution in [3.05, 3.63) is 53.3 Å². The second kappa shape index (κ2) is 7.55. The van der Waals surface area contributed by atoms with Crippen molar-refractivity contribution in [1.29, 1.82) is 0 Å². The molecule has 4 rings (SSSR count). The van der Waals surface area contributed by atoms with Crippen molar-refractivity contribution >= 4 is 5.97 Å². The van der Waals surface area contributed by atoms with E-state index in [1.54, 1.807) is 12.4 Å².